The molecular formula is C67H90Cl8N10O13. The monoisotopic (exact) mass is 1520 g/mol. The molecule has 2 aromatic carbocycles. The van der Waals surface area contributed by atoms with Gasteiger partial charge in [-0.1, -0.05) is 169 Å². The third kappa shape index (κ3) is 25.0. The van der Waals surface area contributed by atoms with E-state index in [2.05, 4.69) is 36.8 Å². The number of nitrogens with one attached hydrogen (secondary N) is 5. The van der Waals surface area contributed by atoms with E-state index in [1.54, 1.807) is 80.5 Å². The van der Waals surface area contributed by atoms with Gasteiger partial charge in [0, 0.05) is 23.9 Å². The highest BCUT2D eigenvalue weighted by molar-refractivity contribution is 6.68. The van der Waals surface area contributed by atoms with Crippen molar-refractivity contribution in [3.63, 3.8) is 0 Å². The van der Waals surface area contributed by atoms with Crippen LogP contribution in [0.3, 0.4) is 0 Å². The Morgan fingerprint density at radius 2 is 1.01 bits per heavy atom. The Kier molecular flexibility index (Phi) is 32.1. The van der Waals surface area contributed by atoms with Crippen molar-refractivity contribution in [1.29, 1.82) is 0 Å². The topological polar surface area (TPSA) is 323 Å². The molecule has 5 amide bonds. The number of carbonyl (C=O) groups excluding carboxylic acids is 8. The van der Waals surface area contributed by atoms with Gasteiger partial charge in [0.05, 0.1) is 68.7 Å². The average molecular weight is 1530 g/mol. The number of rotatable bonds is 21. The van der Waals surface area contributed by atoms with Gasteiger partial charge in [-0.05, 0) is 141 Å². The summed E-state index contributed by atoms with van der Waals surface area (Å²) in [6.45, 7) is 24.3. The molecule has 0 saturated carbocycles. The Bertz CT molecular complexity index is 3580. The van der Waals surface area contributed by atoms with Crippen LogP contribution in [-0.2, 0) is 52.6 Å². The molecule has 0 unspecified atom stereocenters. The van der Waals surface area contributed by atoms with Crippen LogP contribution in [0, 0.1) is 36.5 Å². The van der Waals surface area contributed by atoms with Gasteiger partial charge in [-0.2, -0.15) is 0 Å². The Morgan fingerprint density at radius 3 is 1.37 bits per heavy atom. The fourth-order valence-corrected chi connectivity index (χ4v) is 10.6. The molecule has 31 heteroatoms. The van der Waals surface area contributed by atoms with Gasteiger partial charge in [0.15, 0.2) is 0 Å². The molecule has 4 aromatic rings. The minimum Gasteiger partial charge on any atom is -0.468 e. The zero-order valence-corrected chi connectivity index (χ0v) is 63.5. The first-order valence-electron chi connectivity index (χ1n) is 31.6. The number of hydrogen-bond donors (Lipinski definition) is 8. The fourth-order valence-electron chi connectivity index (χ4n) is 9.74. The van der Waals surface area contributed by atoms with Gasteiger partial charge in [-0.25, -0.2) is 20.8 Å². The molecule has 2 saturated heterocycles. The van der Waals surface area contributed by atoms with Crippen molar-refractivity contribution in [1.82, 2.24) is 46.8 Å². The van der Waals surface area contributed by atoms with E-state index in [4.69, 9.17) is 113 Å². The lowest BCUT2D eigenvalue weighted by molar-refractivity contribution is -0.154. The highest BCUT2D eigenvalue weighted by Crippen LogP contribution is 2.34. The van der Waals surface area contributed by atoms with Crippen LogP contribution in [0.4, 0.5) is 0 Å². The van der Waals surface area contributed by atoms with Gasteiger partial charge in [0.1, 0.15) is 43.4 Å². The molecule has 0 radical (unpaired) electrons. The lowest BCUT2D eigenvalue weighted by Gasteiger charge is -2.35. The van der Waals surface area contributed by atoms with Gasteiger partial charge >= 0.3 is 17.9 Å². The summed E-state index contributed by atoms with van der Waals surface area (Å²) in [4.78, 5) is 110. The zero-order valence-electron chi connectivity index (χ0n) is 57.5. The molecule has 6 rings (SSSR count). The third-order valence-corrected chi connectivity index (χ3v) is 17.2. The van der Waals surface area contributed by atoms with Crippen molar-refractivity contribution in [2.75, 3.05) is 33.4 Å². The second kappa shape index (κ2) is 37.0. The Balaban J connectivity index is 0.000000343. The summed E-state index contributed by atoms with van der Waals surface area (Å²) in [7, 11) is 1.38. The number of alkyl halides is 6. The molecule has 2 aromatic heterocycles. The summed E-state index contributed by atoms with van der Waals surface area (Å²) >= 11 is 46.4. The smallest absolute Gasteiger partial charge is 0.325 e. The molecule has 0 bridgehead atoms. The number of nitrogens with zero attached hydrogens (tertiary/aromatic N) is 4. The summed E-state index contributed by atoms with van der Waals surface area (Å²) in [5.41, 5.74) is 15.6. The van der Waals surface area contributed by atoms with Crippen molar-refractivity contribution in [2.45, 2.75) is 179 Å². The normalized spacial score (nSPS) is 17.4. The van der Waals surface area contributed by atoms with E-state index in [0.29, 0.717) is 65.7 Å². The number of aryl methyl sites for hydroxylation is 2. The molecule has 0 aliphatic carbocycles. The van der Waals surface area contributed by atoms with Crippen LogP contribution < -0.4 is 32.5 Å². The fraction of sp³-hybridized carbons (Fsp3) is 0.552. The predicted octanol–water partition coefficient (Wildman–Crippen LogP) is 10.7. The summed E-state index contributed by atoms with van der Waals surface area (Å²) in [6.07, 6.45) is 7.75. The molecule has 2 aliphatic rings. The Hall–Kier alpha value is -5.38. The molecule has 8 atom stereocenters. The first-order chi connectivity index (χ1) is 45.3. The lowest BCUT2D eigenvalue weighted by atomic mass is 9.89. The number of fused-ring (bicyclic) bond motifs is 2. The molecular weight excluding hydrogens is 1440 g/mol. The molecule has 23 nitrogen and oxygen atoms in total. The van der Waals surface area contributed by atoms with E-state index in [1.807, 2.05) is 70.2 Å². The Labute approximate surface area is 612 Å². The van der Waals surface area contributed by atoms with Crippen LogP contribution in [0.2, 0.25) is 10.0 Å². The Morgan fingerprint density at radius 1 is 0.622 bits per heavy atom. The van der Waals surface area contributed by atoms with Crippen LogP contribution in [0.1, 0.15) is 155 Å². The number of hydrazine groups is 2. The number of aromatic nitrogens is 2. The SMILES string of the molecule is CC(C)[C@H](N)C(=O)N[C@@H](C)C(=O)N1CCC[C@@H](C(=O)OCC(Cl)(Cl)Cl)N1.COC(=O)C(C)(C)/C=C/c1ccc2c(Cl)cc([C@@H](C)O)nc2c1C.Cc1c(/C=C/C(C)(C)C(=O)N[C@H](C(=O)N[C@@H](C)C(=O)N2CCC[C@@H](C(=O)OCC(Cl)(Cl)Cl)N2)C(C)C)ccc2c(Cl)cc([C@@H](C)O)nc12. The zero-order chi connectivity index (χ0) is 74.3. The number of methoxy groups -OCH3 is 1. The number of aliphatic hydroxyl groups is 2. The van der Waals surface area contributed by atoms with Crippen molar-refractivity contribution in [3.8, 4) is 0 Å². The number of aliphatic hydroxyl groups excluding tert-OH is 2. The number of nitrogens with two attached hydrogens (primary N) is 1. The molecule has 0 spiro atoms. The maximum atomic E-state index is 13.5. The molecule has 542 valence electrons. The lowest BCUT2D eigenvalue weighted by Crippen LogP contribution is -2.61. The van der Waals surface area contributed by atoms with E-state index in [-0.39, 0.29) is 30.3 Å². The first kappa shape index (κ1) is 85.0. The highest BCUT2D eigenvalue weighted by Gasteiger charge is 2.38. The predicted molar refractivity (Wildman–Crippen MR) is 385 cm³/mol. The molecule has 4 heterocycles. The van der Waals surface area contributed by atoms with Crippen LogP contribution >= 0.6 is 92.8 Å². The number of carbonyl (C=O) groups is 8. The van der Waals surface area contributed by atoms with Crippen LogP contribution in [-0.4, -0.2) is 155 Å². The molecule has 9 N–H and O–H groups in total. The van der Waals surface area contributed by atoms with E-state index in [9.17, 15) is 48.6 Å². The minimum atomic E-state index is -1.76. The molecule has 2 aliphatic heterocycles. The summed E-state index contributed by atoms with van der Waals surface area (Å²) in [5.74, 6) is -4.12. The standard InChI is InChI=1S/C33H43Cl4N5O6.C19H22ClNO3.C15H25Cl3N4O4/c1-17(2)26(28(44)38-19(4)29(45)42-14-8-9-24(41-42)30(46)48-16-33(35,36)37)40-31(47)32(6,7)13-12-21-10-11-22-23(34)15-25(20(5)43)39-27(22)18(21)3;1-11-13(8-9-19(3,4)18(23)24-5)6-7-14-15(20)10-16(12(2)22)21-17(11)14;1-8(2)11(19)12(23)20-9(3)13(24)22-6-4-5-10(21-22)14(25)26-7-15(16,17)18/h10-13,15,17,19-20,24,26,41,43H,8-9,14,16H2,1-7H3,(H,38,44)(H,40,47);6-10,12,22H,1-5H3;8-11,21H,4-7,19H2,1-3H3,(H,20,23)/b13-12+;9-8+;/t19-,20+,24-,26-;12-;9-,10-,11-/m010/s1. The minimum absolute atomic E-state index is 0.0533. The van der Waals surface area contributed by atoms with E-state index in [0.717, 1.165) is 38.5 Å². The number of hydrogen-bond acceptors (Lipinski definition) is 18. The highest BCUT2D eigenvalue weighted by atomic mass is 35.6. The van der Waals surface area contributed by atoms with Crippen LogP contribution in [0.5, 0.6) is 0 Å². The van der Waals surface area contributed by atoms with Gasteiger partial charge in [-0.3, -0.25) is 48.4 Å². The quantitative estimate of drug-likeness (QED) is 0.0218. The number of halogens is 8. The van der Waals surface area contributed by atoms with Crippen molar-refractivity contribution in [3.05, 3.63) is 92.2 Å². The van der Waals surface area contributed by atoms with Crippen LogP contribution in [0.25, 0.3) is 34.0 Å². The molecule has 98 heavy (non-hydrogen) atoms. The summed E-state index contributed by atoms with van der Waals surface area (Å²) in [6, 6.07) is 5.92. The van der Waals surface area contributed by atoms with Gasteiger partial charge in [0.25, 0.3) is 11.8 Å². The number of ether oxygens (including phenoxy) is 3. The van der Waals surface area contributed by atoms with Crippen LogP contribution in [0.15, 0.2) is 48.6 Å². The van der Waals surface area contributed by atoms with Gasteiger partial charge < -0.3 is 46.1 Å². The second-order valence-electron chi connectivity index (χ2n) is 25.9. The average Bonchev–Trinajstić information content (AvgIpc) is 0.789. The molecule has 2 fully saturated rings. The summed E-state index contributed by atoms with van der Waals surface area (Å²) < 4.78 is 11.3. The largest absolute Gasteiger partial charge is 0.468 e. The van der Waals surface area contributed by atoms with Crippen molar-refractivity contribution < 1.29 is 62.8 Å². The van der Waals surface area contributed by atoms with E-state index in [1.165, 1.54) is 24.1 Å². The first-order valence-corrected chi connectivity index (χ1v) is 34.6. The second-order valence-corrected chi connectivity index (χ2v) is 31.7. The van der Waals surface area contributed by atoms with Crippen molar-refractivity contribution >= 4 is 174 Å². The van der Waals surface area contributed by atoms with E-state index < -0.39 is 109 Å². The maximum absolute atomic E-state index is 13.5. The number of esters is 3. The van der Waals surface area contributed by atoms with Crippen molar-refractivity contribution in [2.24, 2.45) is 28.4 Å². The maximum Gasteiger partial charge on any atom is 0.325 e. The van der Waals surface area contributed by atoms with E-state index >= 15 is 0 Å². The number of benzene rings is 2. The summed E-state index contributed by atoms with van der Waals surface area (Å²) in [5, 5.41) is 33.1. The number of pyridine rings is 2. The van der Waals surface area contributed by atoms with Gasteiger partial charge in [-0.15, -0.1) is 0 Å². The van der Waals surface area contributed by atoms with Gasteiger partial charge in [0.2, 0.25) is 25.3 Å². The number of amides is 5. The third-order valence-electron chi connectivity index (χ3n) is 15.9.